The standard InChI is InChI=1S/C17H23N3O2S/c1-23(21,22)17-7-5-15(6-8-17)16-13-18-20(14-16)12-11-19-9-3-2-4-10-19/h5-8,13-14H,2-4,9-12H2,1H3. The second-order valence-corrected chi connectivity index (χ2v) is 8.21. The molecule has 2 aromatic rings. The zero-order chi connectivity index (χ0) is 16.3. The van der Waals surface area contributed by atoms with Crippen molar-refractivity contribution < 1.29 is 8.42 Å². The Labute approximate surface area is 137 Å². The Morgan fingerprint density at radius 2 is 1.70 bits per heavy atom. The normalized spacial score (nSPS) is 16.6. The highest BCUT2D eigenvalue weighted by Crippen LogP contribution is 2.21. The summed E-state index contributed by atoms with van der Waals surface area (Å²) in [5.74, 6) is 0. The molecule has 1 fully saturated rings. The predicted octanol–water partition coefficient (Wildman–Crippen LogP) is 2.44. The van der Waals surface area contributed by atoms with Gasteiger partial charge in [-0.15, -0.1) is 0 Å². The van der Waals surface area contributed by atoms with Crippen LogP contribution >= 0.6 is 0 Å². The van der Waals surface area contributed by atoms with Crippen molar-refractivity contribution in [2.24, 2.45) is 0 Å². The SMILES string of the molecule is CS(=O)(=O)c1ccc(-c2cnn(CCN3CCCCC3)c2)cc1. The first-order chi connectivity index (χ1) is 11.0. The number of benzene rings is 1. The van der Waals surface area contributed by atoms with Crippen molar-refractivity contribution in [2.75, 3.05) is 25.9 Å². The molecule has 0 aliphatic carbocycles. The average Bonchev–Trinajstić information content (AvgIpc) is 3.02. The van der Waals surface area contributed by atoms with E-state index in [1.165, 1.54) is 38.6 Å². The topological polar surface area (TPSA) is 55.2 Å². The van der Waals surface area contributed by atoms with Crippen molar-refractivity contribution in [1.29, 1.82) is 0 Å². The van der Waals surface area contributed by atoms with Gasteiger partial charge in [0.1, 0.15) is 0 Å². The number of rotatable bonds is 5. The largest absolute Gasteiger partial charge is 0.301 e. The molecule has 0 unspecified atom stereocenters. The monoisotopic (exact) mass is 333 g/mol. The molecule has 1 aromatic carbocycles. The molecule has 0 radical (unpaired) electrons. The molecule has 0 amide bonds. The van der Waals surface area contributed by atoms with Gasteiger partial charge in [-0.05, 0) is 43.6 Å². The molecule has 0 spiro atoms. The average molecular weight is 333 g/mol. The molecule has 5 nitrogen and oxygen atoms in total. The first kappa shape index (κ1) is 16.2. The van der Waals surface area contributed by atoms with Crippen LogP contribution in [-0.4, -0.2) is 49.0 Å². The number of likely N-dealkylation sites (tertiary alicyclic amines) is 1. The lowest BCUT2D eigenvalue weighted by Crippen LogP contribution is -2.32. The van der Waals surface area contributed by atoms with Gasteiger partial charge in [-0.1, -0.05) is 18.6 Å². The minimum absolute atomic E-state index is 0.346. The highest BCUT2D eigenvalue weighted by Gasteiger charge is 2.11. The van der Waals surface area contributed by atoms with Crippen molar-refractivity contribution in [2.45, 2.75) is 30.7 Å². The molecule has 0 atom stereocenters. The van der Waals surface area contributed by atoms with Crippen LogP contribution in [0.15, 0.2) is 41.6 Å². The molecule has 1 aromatic heterocycles. The molecule has 0 bridgehead atoms. The number of nitrogens with zero attached hydrogens (tertiary/aromatic N) is 3. The number of hydrogen-bond donors (Lipinski definition) is 0. The lowest BCUT2D eigenvalue weighted by Gasteiger charge is -2.26. The van der Waals surface area contributed by atoms with Gasteiger partial charge >= 0.3 is 0 Å². The van der Waals surface area contributed by atoms with Crippen molar-refractivity contribution in [3.63, 3.8) is 0 Å². The molecule has 1 aliphatic rings. The van der Waals surface area contributed by atoms with Crippen molar-refractivity contribution in [3.05, 3.63) is 36.7 Å². The van der Waals surface area contributed by atoms with Crippen LogP contribution in [-0.2, 0) is 16.4 Å². The van der Waals surface area contributed by atoms with E-state index < -0.39 is 9.84 Å². The molecule has 23 heavy (non-hydrogen) atoms. The third-order valence-corrected chi connectivity index (χ3v) is 5.47. The van der Waals surface area contributed by atoms with Gasteiger partial charge < -0.3 is 4.90 Å². The van der Waals surface area contributed by atoms with E-state index in [1.807, 2.05) is 29.2 Å². The zero-order valence-corrected chi connectivity index (χ0v) is 14.3. The Balaban J connectivity index is 1.64. The Kier molecular flexibility index (Phi) is 4.82. The Bertz CT molecular complexity index is 744. The van der Waals surface area contributed by atoms with Crippen LogP contribution in [0.5, 0.6) is 0 Å². The Morgan fingerprint density at radius 1 is 1.00 bits per heavy atom. The van der Waals surface area contributed by atoms with Crippen molar-refractivity contribution in [1.82, 2.24) is 14.7 Å². The van der Waals surface area contributed by atoms with E-state index in [-0.39, 0.29) is 0 Å². The summed E-state index contributed by atoms with van der Waals surface area (Å²) in [6.45, 7) is 4.32. The summed E-state index contributed by atoms with van der Waals surface area (Å²) in [4.78, 5) is 2.84. The van der Waals surface area contributed by atoms with Gasteiger partial charge in [0.05, 0.1) is 17.6 Å². The molecule has 0 N–H and O–H groups in total. The maximum Gasteiger partial charge on any atom is 0.175 e. The third-order valence-electron chi connectivity index (χ3n) is 4.34. The van der Waals surface area contributed by atoms with Crippen molar-refractivity contribution >= 4 is 9.84 Å². The number of hydrogen-bond acceptors (Lipinski definition) is 4. The fraction of sp³-hybridized carbons (Fsp3) is 0.471. The summed E-state index contributed by atoms with van der Waals surface area (Å²) in [7, 11) is -3.14. The summed E-state index contributed by atoms with van der Waals surface area (Å²) >= 11 is 0. The van der Waals surface area contributed by atoms with E-state index in [9.17, 15) is 8.42 Å². The van der Waals surface area contributed by atoms with Crippen LogP contribution < -0.4 is 0 Å². The van der Waals surface area contributed by atoms with Gasteiger partial charge in [-0.3, -0.25) is 4.68 Å². The minimum atomic E-state index is -3.14. The molecule has 2 heterocycles. The van der Waals surface area contributed by atoms with Crippen molar-refractivity contribution in [3.8, 4) is 11.1 Å². The minimum Gasteiger partial charge on any atom is -0.301 e. The smallest absolute Gasteiger partial charge is 0.175 e. The molecule has 124 valence electrons. The fourth-order valence-electron chi connectivity index (χ4n) is 2.96. The van der Waals surface area contributed by atoms with Crippen LogP contribution in [0, 0.1) is 0 Å². The van der Waals surface area contributed by atoms with Crippen LogP contribution in [0.4, 0.5) is 0 Å². The quantitative estimate of drug-likeness (QED) is 0.843. The fourth-order valence-corrected chi connectivity index (χ4v) is 3.59. The molecule has 6 heteroatoms. The molecule has 1 saturated heterocycles. The second-order valence-electron chi connectivity index (χ2n) is 6.19. The van der Waals surface area contributed by atoms with Gasteiger partial charge in [-0.25, -0.2) is 8.42 Å². The summed E-state index contributed by atoms with van der Waals surface area (Å²) in [5.41, 5.74) is 2.00. The summed E-state index contributed by atoms with van der Waals surface area (Å²) in [6.07, 6.45) is 9.05. The van der Waals surface area contributed by atoms with Gasteiger partial charge in [-0.2, -0.15) is 5.10 Å². The maximum atomic E-state index is 11.5. The first-order valence-electron chi connectivity index (χ1n) is 8.08. The summed E-state index contributed by atoms with van der Waals surface area (Å²) in [5, 5.41) is 4.42. The van der Waals surface area contributed by atoms with Gasteiger partial charge in [0.15, 0.2) is 9.84 Å². The third kappa shape index (κ3) is 4.20. The summed E-state index contributed by atoms with van der Waals surface area (Å²) in [6, 6.07) is 6.97. The van der Waals surface area contributed by atoms with Crippen LogP contribution in [0.3, 0.4) is 0 Å². The lowest BCUT2D eigenvalue weighted by molar-refractivity contribution is 0.218. The molecule has 0 saturated carbocycles. The van der Waals surface area contributed by atoms with E-state index in [0.717, 1.165) is 24.2 Å². The number of piperidine rings is 1. The number of sulfone groups is 1. The van der Waals surface area contributed by atoms with E-state index >= 15 is 0 Å². The first-order valence-corrected chi connectivity index (χ1v) is 9.97. The summed E-state index contributed by atoms with van der Waals surface area (Å²) < 4.78 is 25.0. The van der Waals surface area contributed by atoms with E-state index in [4.69, 9.17) is 0 Å². The molecule has 3 rings (SSSR count). The highest BCUT2D eigenvalue weighted by molar-refractivity contribution is 7.90. The Morgan fingerprint density at radius 3 is 2.35 bits per heavy atom. The van der Waals surface area contributed by atoms with E-state index in [0.29, 0.717) is 4.90 Å². The zero-order valence-electron chi connectivity index (χ0n) is 13.5. The van der Waals surface area contributed by atoms with Gasteiger partial charge in [0, 0.05) is 24.6 Å². The molecular weight excluding hydrogens is 310 g/mol. The predicted molar refractivity (Wildman–Crippen MR) is 91.1 cm³/mol. The van der Waals surface area contributed by atoms with Crippen LogP contribution in [0.2, 0.25) is 0 Å². The highest BCUT2D eigenvalue weighted by atomic mass is 32.2. The van der Waals surface area contributed by atoms with E-state index in [2.05, 4.69) is 10.00 Å². The van der Waals surface area contributed by atoms with Gasteiger partial charge in [0.2, 0.25) is 0 Å². The Hall–Kier alpha value is -1.66. The molecule has 1 aliphatic heterocycles. The maximum absolute atomic E-state index is 11.5. The van der Waals surface area contributed by atoms with Crippen LogP contribution in [0.1, 0.15) is 19.3 Å². The number of aromatic nitrogens is 2. The van der Waals surface area contributed by atoms with Crippen LogP contribution in [0.25, 0.3) is 11.1 Å². The van der Waals surface area contributed by atoms with Gasteiger partial charge in [0.25, 0.3) is 0 Å². The second kappa shape index (κ2) is 6.84. The lowest BCUT2D eigenvalue weighted by atomic mass is 10.1. The van der Waals surface area contributed by atoms with E-state index in [1.54, 1.807) is 12.1 Å². The molecular formula is C17H23N3O2S.